The van der Waals surface area contributed by atoms with Crippen LogP contribution in [0.2, 0.25) is 0 Å². The molecule has 0 aromatic heterocycles. The van der Waals surface area contributed by atoms with Crippen molar-refractivity contribution in [1.82, 2.24) is 0 Å². The monoisotopic (exact) mass is 303 g/mol. The van der Waals surface area contributed by atoms with E-state index in [4.69, 9.17) is 4.74 Å². The van der Waals surface area contributed by atoms with Crippen molar-refractivity contribution >= 4 is 17.9 Å². The van der Waals surface area contributed by atoms with Crippen LogP contribution in [0.1, 0.15) is 24.5 Å². The summed E-state index contributed by atoms with van der Waals surface area (Å²) < 4.78 is 5.27. The number of hydrogen-bond donors (Lipinski definition) is 0. The maximum absolute atomic E-state index is 12.0. The summed E-state index contributed by atoms with van der Waals surface area (Å²) >= 11 is 0. The van der Waals surface area contributed by atoms with Crippen LogP contribution in [0.15, 0.2) is 83.0 Å². The highest BCUT2D eigenvalue weighted by Gasteiger charge is 2.23. The van der Waals surface area contributed by atoms with Crippen molar-refractivity contribution in [2.75, 3.05) is 0 Å². The third-order valence-electron chi connectivity index (χ3n) is 3.52. The maximum Gasteiger partial charge on any atom is 0.363 e. The highest BCUT2D eigenvalue weighted by molar-refractivity contribution is 6.11. The summed E-state index contributed by atoms with van der Waals surface area (Å²) in [6.07, 6.45) is 4.66. The molecule has 0 unspecified atom stereocenters. The van der Waals surface area contributed by atoms with Crippen molar-refractivity contribution in [2.24, 2.45) is 4.99 Å². The molecule has 3 nitrogen and oxygen atoms in total. The predicted octanol–water partition coefficient (Wildman–Crippen LogP) is 4.37. The Bertz CT molecular complexity index is 787. The van der Waals surface area contributed by atoms with Gasteiger partial charge in [0, 0.05) is 5.56 Å². The van der Waals surface area contributed by atoms with Gasteiger partial charge in [-0.2, -0.15) is 0 Å². The van der Waals surface area contributed by atoms with Crippen LogP contribution in [0.4, 0.5) is 0 Å². The number of cyclic esters (lactones) is 1. The maximum atomic E-state index is 12.0. The second kappa shape index (κ2) is 6.88. The average molecular weight is 303 g/mol. The molecule has 1 aliphatic heterocycles. The van der Waals surface area contributed by atoms with Gasteiger partial charge in [-0.05, 0) is 35.8 Å². The van der Waals surface area contributed by atoms with Crippen LogP contribution in [0.5, 0.6) is 0 Å². The normalized spacial score (nSPS) is 16.4. The molecule has 0 fully saturated rings. The quantitative estimate of drug-likeness (QED) is 0.621. The molecule has 0 atom stereocenters. The van der Waals surface area contributed by atoms with Crippen LogP contribution in [0.25, 0.3) is 6.08 Å². The minimum Gasteiger partial charge on any atom is -0.402 e. The molecule has 3 rings (SSSR count). The van der Waals surface area contributed by atoms with Crippen LogP contribution >= 0.6 is 0 Å². The first kappa shape index (κ1) is 15.0. The number of carbonyl (C=O) groups is 1. The fourth-order valence-electron chi connectivity index (χ4n) is 2.30. The van der Waals surface area contributed by atoms with Gasteiger partial charge in [0.1, 0.15) is 0 Å². The molecule has 1 heterocycles. The zero-order valence-electron chi connectivity index (χ0n) is 12.9. The largest absolute Gasteiger partial charge is 0.402 e. The molecule has 0 saturated carbocycles. The number of esters is 1. The number of carbonyl (C=O) groups excluding carboxylic acids is 1. The average Bonchev–Trinajstić information content (AvgIpc) is 2.97. The van der Waals surface area contributed by atoms with E-state index in [9.17, 15) is 4.79 Å². The van der Waals surface area contributed by atoms with Gasteiger partial charge in [-0.25, -0.2) is 9.79 Å². The molecule has 0 N–H and O–H groups in total. The topological polar surface area (TPSA) is 38.7 Å². The summed E-state index contributed by atoms with van der Waals surface area (Å²) in [6, 6.07) is 19.4. The van der Waals surface area contributed by atoms with Crippen LogP contribution in [0.3, 0.4) is 0 Å². The highest BCUT2D eigenvalue weighted by atomic mass is 16.6. The minimum atomic E-state index is -0.406. The fourth-order valence-corrected chi connectivity index (χ4v) is 2.30. The summed E-state index contributed by atoms with van der Waals surface area (Å²) in [5.74, 6) is -0.0479. The van der Waals surface area contributed by atoms with Crippen LogP contribution in [-0.2, 0) is 9.53 Å². The Morgan fingerprint density at radius 1 is 1.04 bits per heavy atom. The van der Waals surface area contributed by atoms with Gasteiger partial charge in [0.05, 0.1) is 0 Å². The van der Waals surface area contributed by atoms with E-state index in [1.165, 1.54) is 0 Å². The van der Waals surface area contributed by atoms with Gasteiger partial charge < -0.3 is 4.74 Å². The Hall–Kier alpha value is -2.94. The second-order valence-electron chi connectivity index (χ2n) is 5.19. The number of aliphatic imine (C=N–C) groups is 1. The van der Waals surface area contributed by atoms with Gasteiger partial charge in [-0.1, -0.05) is 61.5 Å². The van der Waals surface area contributed by atoms with E-state index >= 15 is 0 Å². The van der Waals surface area contributed by atoms with Crippen LogP contribution in [0, 0.1) is 0 Å². The molecule has 0 aliphatic carbocycles. The van der Waals surface area contributed by atoms with Gasteiger partial charge in [0.2, 0.25) is 5.90 Å². The first-order chi connectivity index (χ1) is 11.3. The van der Waals surface area contributed by atoms with E-state index in [-0.39, 0.29) is 0 Å². The molecular weight excluding hydrogens is 286 g/mol. The Morgan fingerprint density at radius 2 is 1.70 bits per heavy atom. The molecule has 2 aromatic rings. The minimum absolute atomic E-state index is 0.341. The summed E-state index contributed by atoms with van der Waals surface area (Å²) in [5, 5.41) is 0. The summed E-state index contributed by atoms with van der Waals surface area (Å²) in [4.78, 5) is 16.4. The molecule has 0 radical (unpaired) electrons. The van der Waals surface area contributed by atoms with Crippen molar-refractivity contribution < 1.29 is 9.53 Å². The Morgan fingerprint density at radius 3 is 2.35 bits per heavy atom. The Kier molecular flexibility index (Phi) is 4.48. The standard InChI is InChI=1S/C20H17NO2/c1-2-15(13-16-9-5-3-6-10-16)14-18-20(22)23-19(21-18)17-11-7-4-8-12-17/h3-14H,2H2,1H3/b15-13-,18-14-. The van der Waals surface area contributed by atoms with E-state index in [0.717, 1.165) is 23.1 Å². The third-order valence-corrected chi connectivity index (χ3v) is 3.52. The van der Waals surface area contributed by atoms with E-state index in [1.54, 1.807) is 6.08 Å². The van der Waals surface area contributed by atoms with Crippen molar-refractivity contribution in [3.05, 3.63) is 89.1 Å². The lowest BCUT2D eigenvalue weighted by Gasteiger charge is -1.99. The first-order valence-electron chi connectivity index (χ1n) is 7.60. The number of allylic oxidation sites excluding steroid dienone is 2. The zero-order valence-corrected chi connectivity index (χ0v) is 12.9. The zero-order chi connectivity index (χ0) is 16.1. The molecule has 1 aliphatic rings. The van der Waals surface area contributed by atoms with Crippen LogP contribution < -0.4 is 0 Å². The van der Waals surface area contributed by atoms with E-state index in [1.807, 2.05) is 67.6 Å². The smallest absolute Gasteiger partial charge is 0.363 e. The predicted molar refractivity (Wildman–Crippen MR) is 91.9 cm³/mol. The molecule has 114 valence electrons. The van der Waals surface area contributed by atoms with Gasteiger partial charge in [-0.3, -0.25) is 0 Å². The first-order valence-corrected chi connectivity index (χ1v) is 7.60. The summed E-state index contributed by atoms with van der Waals surface area (Å²) in [5.41, 5.74) is 3.27. The van der Waals surface area contributed by atoms with Gasteiger partial charge in [-0.15, -0.1) is 0 Å². The SMILES string of the molecule is CCC(=C/c1ccccc1)/C=C1\N=C(c2ccccc2)OC1=O. The molecular formula is C20H17NO2. The van der Waals surface area contributed by atoms with Gasteiger partial charge in [0.25, 0.3) is 0 Å². The molecule has 0 spiro atoms. The molecule has 0 bridgehead atoms. The van der Waals surface area contributed by atoms with Crippen molar-refractivity contribution in [2.45, 2.75) is 13.3 Å². The second-order valence-corrected chi connectivity index (χ2v) is 5.19. The molecule has 0 saturated heterocycles. The molecule has 2 aromatic carbocycles. The highest BCUT2D eigenvalue weighted by Crippen LogP contribution is 2.20. The number of nitrogens with zero attached hydrogens (tertiary/aromatic N) is 1. The number of rotatable bonds is 4. The van der Waals surface area contributed by atoms with E-state index in [2.05, 4.69) is 11.1 Å². The lowest BCUT2D eigenvalue weighted by Crippen LogP contribution is -2.05. The van der Waals surface area contributed by atoms with Gasteiger partial charge >= 0.3 is 5.97 Å². The summed E-state index contributed by atoms with van der Waals surface area (Å²) in [6.45, 7) is 2.05. The third kappa shape index (κ3) is 3.64. The molecule has 3 heteroatoms. The van der Waals surface area contributed by atoms with Crippen molar-refractivity contribution in [1.29, 1.82) is 0 Å². The lowest BCUT2D eigenvalue weighted by atomic mass is 10.1. The van der Waals surface area contributed by atoms with E-state index < -0.39 is 5.97 Å². The lowest BCUT2D eigenvalue weighted by molar-refractivity contribution is -0.130. The number of ether oxygens (including phenoxy) is 1. The summed E-state index contributed by atoms with van der Waals surface area (Å²) in [7, 11) is 0. The van der Waals surface area contributed by atoms with Gasteiger partial charge in [0.15, 0.2) is 5.70 Å². The van der Waals surface area contributed by atoms with Crippen molar-refractivity contribution in [3.8, 4) is 0 Å². The number of hydrogen-bond acceptors (Lipinski definition) is 3. The Balaban J connectivity index is 1.90. The van der Waals surface area contributed by atoms with E-state index in [0.29, 0.717) is 11.6 Å². The molecule has 0 amide bonds. The fraction of sp³-hybridized carbons (Fsp3) is 0.100. The Labute approximate surface area is 135 Å². The van der Waals surface area contributed by atoms with Crippen molar-refractivity contribution in [3.63, 3.8) is 0 Å². The number of benzene rings is 2. The molecule has 23 heavy (non-hydrogen) atoms. The van der Waals surface area contributed by atoms with Crippen LogP contribution in [-0.4, -0.2) is 11.9 Å².